The van der Waals surface area contributed by atoms with Crippen LogP contribution in [-0.4, -0.2) is 0 Å². The van der Waals surface area contributed by atoms with Crippen molar-refractivity contribution in [2.24, 2.45) is 0 Å². The van der Waals surface area contributed by atoms with Gasteiger partial charge in [0.25, 0.3) is 0 Å². The molecule has 0 radical (unpaired) electrons. The number of hydrogen-bond acceptors (Lipinski definition) is 0. The van der Waals surface area contributed by atoms with E-state index in [1.807, 2.05) is 0 Å². The number of allylic oxidation sites excluding steroid dienone is 2. The monoisotopic (exact) mass is 263 g/mol. The Hall–Kier alpha value is -1.91. The molecule has 0 N–H and O–H groups in total. The molecule has 0 saturated heterocycles. The Bertz CT molecular complexity index is 506. The minimum Gasteiger partial charge on any atom is -0.0640 e. The largest absolute Gasteiger partial charge is 0.222 e. The molecule has 0 nitrogen and oxygen atoms in total. The maximum absolute atomic E-state index is 3.55. The van der Waals surface area contributed by atoms with E-state index in [9.17, 15) is 0 Å². The Labute approximate surface area is 123 Å². The maximum Gasteiger partial charge on any atom is 0.222 e. The second-order valence-corrected chi connectivity index (χ2v) is 5.52. The van der Waals surface area contributed by atoms with Gasteiger partial charge in [0.2, 0.25) is 6.08 Å². The first-order valence-electron chi connectivity index (χ1n) is 7.34. The average molecular weight is 263 g/mol. The van der Waals surface area contributed by atoms with Crippen LogP contribution < -0.4 is 0 Å². The number of benzene rings is 2. The predicted molar refractivity (Wildman–Crippen MR) is 86.7 cm³/mol. The van der Waals surface area contributed by atoms with Gasteiger partial charge in [-0.3, -0.25) is 0 Å². The van der Waals surface area contributed by atoms with Crippen LogP contribution in [0.15, 0.2) is 66.2 Å². The molecule has 0 saturated carbocycles. The highest BCUT2D eigenvalue weighted by molar-refractivity contribution is 5.39. The molecule has 0 atom stereocenters. The summed E-state index contributed by atoms with van der Waals surface area (Å²) in [5.41, 5.74) is 4.04. The Balaban J connectivity index is 2.55. The van der Waals surface area contributed by atoms with Gasteiger partial charge in [0.05, 0.1) is 5.41 Å². The highest BCUT2D eigenvalue weighted by Crippen LogP contribution is 2.39. The fourth-order valence-electron chi connectivity index (χ4n) is 2.75. The number of hydrogen-bond donors (Lipinski definition) is 0. The second kappa shape index (κ2) is 6.50. The van der Waals surface area contributed by atoms with E-state index in [2.05, 4.69) is 87.5 Å². The molecule has 2 rings (SSSR count). The molecule has 0 aliphatic carbocycles. The van der Waals surface area contributed by atoms with Gasteiger partial charge in [-0.1, -0.05) is 67.6 Å². The lowest BCUT2D eigenvalue weighted by Gasteiger charge is -2.29. The average Bonchev–Trinajstić information content (AvgIpc) is 2.50. The molecule has 0 unspecified atom stereocenters. The first-order valence-corrected chi connectivity index (χ1v) is 7.34. The van der Waals surface area contributed by atoms with E-state index >= 15 is 0 Å². The van der Waals surface area contributed by atoms with Crippen molar-refractivity contribution in [2.75, 3.05) is 0 Å². The van der Waals surface area contributed by atoms with Gasteiger partial charge in [-0.2, -0.15) is 0 Å². The van der Waals surface area contributed by atoms with Crippen molar-refractivity contribution >= 4 is 0 Å². The predicted octanol–water partition coefficient (Wildman–Crippen LogP) is 5.54. The first kappa shape index (κ1) is 14.5. The van der Waals surface area contributed by atoms with Gasteiger partial charge >= 0.3 is 0 Å². The summed E-state index contributed by atoms with van der Waals surface area (Å²) in [5.74, 6) is 0. The van der Waals surface area contributed by atoms with Crippen LogP contribution in [0.25, 0.3) is 0 Å². The molecule has 0 aliphatic rings. The SMILES string of the molecule is CCC(C[C+]=C(C)C)(c1ccccc1)c1ccccc1. The van der Waals surface area contributed by atoms with E-state index in [4.69, 9.17) is 0 Å². The van der Waals surface area contributed by atoms with Crippen molar-refractivity contribution in [3.8, 4) is 0 Å². The van der Waals surface area contributed by atoms with Gasteiger partial charge in [-0.15, -0.1) is 0 Å². The molecule has 0 amide bonds. The summed E-state index contributed by atoms with van der Waals surface area (Å²) in [5, 5.41) is 0. The third-order valence-corrected chi connectivity index (χ3v) is 4.00. The van der Waals surface area contributed by atoms with Crippen LogP contribution in [0.5, 0.6) is 0 Å². The Morgan fingerprint density at radius 1 is 0.850 bits per heavy atom. The molecule has 102 valence electrons. The zero-order valence-corrected chi connectivity index (χ0v) is 12.7. The molecule has 2 aromatic carbocycles. The minimum absolute atomic E-state index is 0.0276. The summed E-state index contributed by atoms with van der Waals surface area (Å²) < 4.78 is 0. The van der Waals surface area contributed by atoms with Gasteiger partial charge in [-0.25, -0.2) is 0 Å². The normalized spacial score (nSPS) is 10.9. The third kappa shape index (κ3) is 2.98. The summed E-state index contributed by atoms with van der Waals surface area (Å²) >= 11 is 0. The fourth-order valence-corrected chi connectivity index (χ4v) is 2.75. The standard InChI is InChI=1S/C20H23/c1-4-20(16-15-17(2)3,18-11-7-5-8-12-18)19-13-9-6-10-14-19/h5-14H,4,16H2,1-3H3/q+1. The topological polar surface area (TPSA) is 0 Å². The van der Waals surface area contributed by atoms with Crippen LogP contribution >= 0.6 is 0 Å². The van der Waals surface area contributed by atoms with Crippen molar-refractivity contribution < 1.29 is 0 Å². The Morgan fingerprint density at radius 3 is 1.65 bits per heavy atom. The van der Waals surface area contributed by atoms with E-state index < -0.39 is 0 Å². The Morgan fingerprint density at radius 2 is 1.30 bits per heavy atom. The molecule has 0 fully saturated rings. The van der Waals surface area contributed by atoms with Gasteiger partial charge < -0.3 is 0 Å². The summed E-state index contributed by atoms with van der Waals surface area (Å²) in [6.45, 7) is 6.51. The third-order valence-electron chi connectivity index (χ3n) is 4.00. The maximum atomic E-state index is 3.55. The quantitative estimate of drug-likeness (QED) is 0.621. The smallest absolute Gasteiger partial charge is 0.0640 e. The van der Waals surface area contributed by atoms with Gasteiger partial charge in [0.1, 0.15) is 0 Å². The van der Waals surface area contributed by atoms with Crippen LogP contribution in [0.4, 0.5) is 0 Å². The number of rotatable bonds is 5. The Kier molecular flexibility index (Phi) is 4.71. The minimum atomic E-state index is 0.0276. The lowest BCUT2D eigenvalue weighted by atomic mass is 9.70. The molecule has 2 aromatic rings. The molecule has 20 heavy (non-hydrogen) atoms. The molecular formula is C20H23+. The molecule has 0 bridgehead atoms. The van der Waals surface area contributed by atoms with Crippen molar-refractivity contribution in [3.63, 3.8) is 0 Å². The van der Waals surface area contributed by atoms with Crippen molar-refractivity contribution in [3.05, 3.63) is 83.4 Å². The second-order valence-electron chi connectivity index (χ2n) is 5.52. The van der Waals surface area contributed by atoms with Crippen molar-refractivity contribution in [1.29, 1.82) is 0 Å². The highest BCUT2D eigenvalue weighted by Gasteiger charge is 2.36. The molecule has 0 aromatic heterocycles. The molecule has 0 heterocycles. The lowest BCUT2D eigenvalue weighted by molar-refractivity contribution is 0.494. The zero-order valence-electron chi connectivity index (χ0n) is 12.7. The van der Waals surface area contributed by atoms with Crippen molar-refractivity contribution in [2.45, 2.75) is 39.0 Å². The van der Waals surface area contributed by atoms with Crippen LogP contribution in [0.1, 0.15) is 44.7 Å². The van der Waals surface area contributed by atoms with Crippen LogP contribution in [0.3, 0.4) is 0 Å². The first-order chi connectivity index (χ1) is 9.69. The van der Waals surface area contributed by atoms with Gasteiger partial charge in [-0.05, 0) is 17.5 Å². The summed E-state index contributed by atoms with van der Waals surface area (Å²) in [6.07, 6.45) is 5.55. The van der Waals surface area contributed by atoms with E-state index in [0.29, 0.717) is 0 Å². The lowest BCUT2D eigenvalue weighted by Crippen LogP contribution is -2.26. The highest BCUT2D eigenvalue weighted by atomic mass is 14.3. The van der Waals surface area contributed by atoms with Crippen LogP contribution in [0, 0.1) is 6.08 Å². The molecule has 0 heteroatoms. The summed E-state index contributed by atoms with van der Waals surface area (Å²) in [6, 6.07) is 21.6. The fraction of sp³-hybridized carbons (Fsp3) is 0.300. The van der Waals surface area contributed by atoms with E-state index in [-0.39, 0.29) is 5.41 Å². The van der Waals surface area contributed by atoms with Gasteiger partial charge in [0.15, 0.2) is 12.0 Å². The zero-order chi connectivity index (χ0) is 14.4. The summed E-state index contributed by atoms with van der Waals surface area (Å²) in [7, 11) is 0. The molecule has 0 aliphatic heterocycles. The van der Waals surface area contributed by atoms with E-state index in [1.165, 1.54) is 16.7 Å². The van der Waals surface area contributed by atoms with Crippen molar-refractivity contribution in [1.82, 2.24) is 0 Å². The molecular weight excluding hydrogens is 240 g/mol. The van der Waals surface area contributed by atoms with Crippen LogP contribution in [-0.2, 0) is 5.41 Å². The summed E-state index contributed by atoms with van der Waals surface area (Å²) in [4.78, 5) is 0. The van der Waals surface area contributed by atoms with Crippen LogP contribution in [0.2, 0.25) is 0 Å². The van der Waals surface area contributed by atoms with E-state index in [0.717, 1.165) is 12.8 Å². The van der Waals surface area contributed by atoms with E-state index in [1.54, 1.807) is 0 Å². The molecule has 0 spiro atoms. The van der Waals surface area contributed by atoms with Gasteiger partial charge in [0, 0.05) is 13.8 Å².